The minimum atomic E-state index is 0.575. The van der Waals surface area contributed by atoms with E-state index in [-0.39, 0.29) is 0 Å². The van der Waals surface area contributed by atoms with Crippen LogP contribution in [0.3, 0.4) is 0 Å². The van der Waals surface area contributed by atoms with Crippen LogP contribution >= 0.6 is 11.6 Å². The van der Waals surface area contributed by atoms with Crippen molar-refractivity contribution in [3.05, 3.63) is 28.3 Å². The number of halogens is 1. The van der Waals surface area contributed by atoms with Crippen molar-refractivity contribution in [3.8, 4) is 5.75 Å². The van der Waals surface area contributed by atoms with E-state index in [0.717, 1.165) is 54.5 Å². The van der Waals surface area contributed by atoms with Crippen molar-refractivity contribution in [2.75, 3.05) is 26.4 Å². The van der Waals surface area contributed by atoms with Crippen molar-refractivity contribution in [1.82, 2.24) is 5.32 Å². The molecule has 106 valence electrons. The number of benzene rings is 1. The maximum atomic E-state index is 6.13. The van der Waals surface area contributed by atoms with Gasteiger partial charge in [0.05, 0.1) is 0 Å². The van der Waals surface area contributed by atoms with E-state index in [0.29, 0.717) is 12.6 Å². The van der Waals surface area contributed by atoms with Gasteiger partial charge in [0.2, 0.25) is 0 Å². The van der Waals surface area contributed by atoms with Crippen molar-refractivity contribution in [2.45, 2.75) is 32.7 Å². The Hall–Kier alpha value is -0.770. The van der Waals surface area contributed by atoms with Crippen molar-refractivity contribution < 1.29 is 9.47 Å². The van der Waals surface area contributed by atoms with Crippen molar-refractivity contribution >= 4 is 11.6 Å². The summed E-state index contributed by atoms with van der Waals surface area (Å²) in [5.74, 6) is 0.896. The first-order valence-electron chi connectivity index (χ1n) is 6.87. The zero-order valence-corrected chi connectivity index (χ0v) is 12.4. The highest BCUT2D eigenvalue weighted by Crippen LogP contribution is 2.25. The average Bonchev–Trinajstić information content (AvgIpc) is 2.42. The Kier molecular flexibility index (Phi) is 5.49. The molecule has 1 heterocycles. The van der Waals surface area contributed by atoms with Crippen molar-refractivity contribution in [2.24, 2.45) is 0 Å². The van der Waals surface area contributed by atoms with Crippen LogP contribution in [0.1, 0.15) is 24.0 Å². The third-order valence-corrected chi connectivity index (χ3v) is 4.03. The molecule has 0 aliphatic carbocycles. The molecule has 1 aliphatic heterocycles. The van der Waals surface area contributed by atoms with E-state index in [9.17, 15) is 0 Å². The Balaban J connectivity index is 1.73. The van der Waals surface area contributed by atoms with E-state index < -0.39 is 0 Å². The van der Waals surface area contributed by atoms with Gasteiger partial charge in [-0.2, -0.15) is 0 Å². The van der Waals surface area contributed by atoms with Gasteiger partial charge in [-0.1, -0.05) is 11.6 Å². The van der Waals surface area contributed by atoms with Gasteiger partial charge < -0.3 is 14.8 Å². The summed E-state index contributed by atoms with van der Waals surface area (Å²) < 4.78 is 11.1. The summed E-state index contributed by atoms with van der Waals surface area (Å²) in [5.41, 5.74) is 2.13. The Morgan fingerprint density at radius 2 is 1.89 bits per heavy atom. The fraction of sp³-hybridized carbons (Fsp3) is 0.600. The second-order valence-corrected chi connectivity index (χ2v) is 5.44. The molecule has 0 atom stereocenters. The van der Waals surface area contributed by atoms with Gasteiger partial charge in [-0.3, -0.25) is 0 Å². The molecule has 1 aromatic carbocycles. The average molecular weight is 284 g/mol. The van der Waals surface area contributed by atoms with Gasteiger partial charge in [0.25, 0.3) is 0 Å². The van der Waals surface area contributed by atoms with Crippen LogP contribution in [-0.2, 0) is 4.74 Å². The van der Waals surface area contributed by atoms with Crippen molar-refractivity contribution in [3.63, 3.8) is 0 Å². The number of aryl methyl sites for hydroxylation is 2. The molecule has 19 heavy (non-hydrogen) atoms. The first kappa shape index (κ1) is 14.6. The molecule has 3 nitrogen and oxygen atoms in total. The molecule has 1 aromatic rings. The highest BCUT2D eigenvalue weighted by Gasteiger charge is 2.12. The minimum Gasteiger partial charge on any atom is -0.492 e. The molecule has 0 radical (unpaired) electrons. The van der Waals surface area contributed by atoms with E-state index in [1.807, 2.05) is 26.0 Å². The van der Waals surface area contributed by atoms with Gasteiger partial charge in [0, 0.05) is 30.8 Å². The SMILES string of the molecule is Cc1cc(OCCNC2CCOCC2)cc(C)c1Cl. The van der Waals surface area contributed by atoms with E-state index >= 15 is 0 Å². The summed E-state index contributed by atoms with van der Waals surface area (Å²) in [7, 11) is 0. The molecule has 2 rings (SSSR count). The van der Waals surface area contributed by atoms with E-state index in [2.05, 4.69) is 5.32 Å². The maximum absolute atomic E-state index is 6.13. The van der Waals surface area contributed by atoms with Crippen LogP contribution in [0, 0.1) is 13.8 Å². The fourth-order valence-electron chi connectivity index (χ4n) is 2.32. The molecule has 1 N–H and O–H groups in total. The van der Waals surface area contributed by atoms with Gasteiger partial charge >= 0.3 is 0 Å². The highest BCUT2D eigenvalue weighted by molar-refractivity contribution is 6.32. The number of hydrogen-bond donors (Lipinski definition) is 1. The molecule has 0 amide bonds. The third-order valence-electron chi connectivity index (χ3n) is 3.44. The lowest BCUT2D eigenvalue weighted by Gasteiger charge is -2.23. The van der Waals surface area contributed by atoms with Crippen LogP contribution in [0.5, 0.6) is 5.75 Å². The van der Waals surface area contributed by atoms with Crippen LogP contribution in [0.25, 0.3) is 0 Å². The van der Waals surface area contributed by atoms with Crippen LogP contribution in [0.2, 0.25) is 5.02 Å². The number of nitrogens with one attached hydrogen (secondary N) is 1. The second-order valence-electron chi connectivity index (χ2n) is 5.06. The molecule has 1 saturated heterocycles. The highest BCUT2D eigenvalue weighted by atomic mass is 35.5. The van der Waals surface area contributed by atoms with Crippen LogP contribution < -0.4 is 10.1 Å². The standard InChI is InChI=1S/C15H22ClNO2/c1-11-9-14(10-12(2)15(11)16)19-8-5-17-13-3-6-18-7-4-13/h9-10,13,17H,3-8H2,1-2H3. The Bertz CT molecular complexity index is 394. The van der Waals surface area contributed by atoms with Crippen LogP contribution in [-0.4, -0.2) is 32.4 Å². The monoisotopic (exact) mass is 283 g/mol. The molecular weight excluding hydrogens is 262 g/mol. The Labute approximate surface area is 120 Å². The van der Waals surface area contributed by atoms with E-state index in [1.165, 1.54) is 0 Å². The summed E-state index contributed by atoms with van der Waals surface area (Å²) in [6.45, 7) is 7.29. The first-order chi connectivity index (χ1) is 9.16. The maximum Gasteiger partial charge on any atom is 0.119 e. The number of ether oxygens (including phenoxy) is 2. The predicted octanol–water partition coefficient (Wildman–Crippen LogP) is 3.10. The Morgan fingerprint density at radius 1 is 1.26 bits per heavy atom. The molecule has 1 aliphatic rings. The molecule has 0 unspecified atom stereocenters. The zero-order chi connectivity index (χ0) is 13.7. The fourth-order valence-corrected chi connectivity index (χ4v) is 2.43. The molecule has 0 bridgehead atoms. The summed E-state index contributed by atoms with van der Waals surface area (Å²) in [6.07, 6.45) is 2.19. The topological polar surface area (TPSA) is 30.5 Å². The molecule has 4 heteroatoms. The molecular formula is C15H22ClNO2. The minimum absolute atomic E-state index is 0.575. The zero-order valence-electron chi connectivity index (χ0n) is 11.7. The third kappa shape index (κ3) is 4.37. The number of hydrogen-bond acceptors (Lipinski definition) is 3. The summed E-state index contributed by atoms with van der Waals surface area (Å²) in [6, 6.07) is 4.55. The van der Waals surface area contributed by atoms with E-state index in [1.54, 1.807) is 0 Å². The molecule has 0 saturated carbocycles. The normalized spacial score (nSPS) is 16.6. The quantitative estimate of drug-likeness (QED) is 0.843. The summed E-state index contributed by atoms with van der Waals surface area (Å²) in [5, 5.41) is 4.33. The number of rotatable bonds is 5. The lowest BCUT2D eigenvalue weighted by Crippen LogP contribution is -2.37. The van der Waals surface area contributed by atoms with Gasteiger partial charge in [-0.25, -0.2) is 0 Å². The van der Waals surface area contributed by atoms with Gasteiger partial charge in [-0.15, -0.1) is 0 Å². The predicted molar refractivity (Wildman–Crippen MR) is 78.3 cm³/mol. The second kappa shape index (κ2) is 7.13. The largest absolute Gasteiger partial charge is 0.492 e. The Morgan fingerprint density at radius 3 is 2.53 bits per heavy atom. The summed E-state index contributed by atoms with van der Waals surface area (Å²) in [4.78, 5) is 0. The van der Waals surface area contributed by atoms with Gasteiger partial charge in [-0.05, 0) is 49.9 Å². The van der Waals surface area contributed by atoms with E-state index in [4.69, 9.17) is 21.1 Å². The smallest absolute Gasteiger partial charge is 0.119 e. The lowest BCUT2D eigenvalue weighted by atomic mass is 10.1. The van der Waals surface area contributed by atoms with Crippen LogP contribution in [0.15, 0.2) is 12.1 Å². The van der Waals surface area contributed by atoms with Gasteiger partial charge in [0.15, 0.2) is 0 Å². The first-order valence-corrected chi connectivity index (χ1v) is 7.25. The van der Waals surface area contributed by atoms with Crippen LogP contribution in [0.4, 0.5) is 0 Å². The van der Waals surface area contributed by atoms with Gasteiger partial charge in [0.1, 0.15) is 12.4 Å². The molecule has 0 aromatic heterocycles. The summed E-state index contributed by atoms with van der Waals surface area (Å²) >= 11 is 6.13. The molecule has 1 fully saturated rings. The molecule has 0 spiro atoms. The lowest BCUT2D eigenvalue weighted by molar-refractivity contribution is 0.0770. The van der Waals surface area contributed by atoms with Crippen molar-refractivity contribution in [1.29, 1.82) is 0 Å².